The molecule has 1 saturated heterocycles. The van der Waals surface area contributed by atoms with Gasteiger partial charge in [0.2, 0.25) is 11.8 Å². The highest BCUT2D eigenvalue weighted by Crippen LogP contribution is 2.21. The highest BCUT2D eigenvalue weighted by atomic mass is 19.1. The van der Waals surface area contributed by atoms with Crippen LogP contribution >= 0.6 is 0 Å². The SMILES string of the molecule is Fc1ccc(C2OCCO2)cn1.[N-]=[N+]=NCCCO.[N-]=[N+]=NCCCOc1ccc(C=O)cn1. The molecule has 0 aliphatic carbocycles. The van der Waals surface area contributed by atoms with E-state index < -0.39 is 5.95 Å². The predicted octanol–water partition coefficient (Wildman–Crippen LogP) is 3.92. The standard InChI is InChI=1S/C9H10N4O2.C8H8FNO2.C3H7N3O/c10-13-12-4-1-5-15-9-3-2-8(7-14)6-11-9;9-7-2-1-6(5-10-7)8-11-3-4-12-8;4-6-5-2-1-3-7/h2-3,6-7H,1,4-5H2;1-2,5,8H,3-4H2;7H,1-3H2. The zero-order valence-corrected chi connectivity index (χ0v) is 18.3. The van der Waals surface area contributed by atoms with Crippen molar-refractivity contribution in [2.45, 2.75) is 19.1 Å². The van der Waals surface area contributed by atoms with Crippen LogP contribution in [0.4, 0.5) is 4.39 Å². The van der Waals surface area contributed by atoms with Crippen molar-refractivity contribution in [1.82, 2.24) is 9.97 Å². The normalized spacial score (nSPS) is 12.1. The van der Waals surface area contributed by atoms with Crippen LogP contribution in [0.15, 0.2) is 46.9 Å². The quantitative estimate of drug-likeness (QED) is 0.134. The number of aliphatic hydroxyl groups is 1. The second-order valence-corrected chi connectivity index (χ2v) is 6.22. The molecule has 0 spiro atoms. The minimum atomic E-state index is -0.489. The Labute approximate surface area is 194 Å². The molecule has 1 fully saturated rings. The first kappa shape index (κ1) is 28.2. The average Bonchev–Trinajstić information content (AvgIpc) is 3.41. The Morgan fingerprint density at radius 2 is 1.79 bits per heavy atom. The second-order valence-electron chi connectivity index (χ2n) is 6.22. The number of rotatable bonds is 10. The molecule has 0 saturated carbocycles. The molecule has 14 heteroatoms. The lowest BCUT2D eigenvalue weighted by Crippen LogP contribution is -2.00. The van der Waals surface area contributed by atoms with Crippen molar-refractivity contribution in [3.8, 4) is 5.88 Å². The van der Waals surface area contributed by atoms with Gasteiger partial charge in [0.15, 0.2) is 12.6 Å². The summed E-state index contributed by atoms with van der Waals surface area (Å²) in [4.78, 5) is 22.8. The number of azide groups is 2. The second kappa shape index (κ2) is 18.7. The zero-order valence-electron chi connectivity index (χ0n) is 18.3. The molecule has 0 bridgehead atoms. The number of hydrogen-bond donors (Lipinski definition) is 1. The van der Waals surface area contributed by atoms with Gasteiger partial charge in [-0.15, -0.1) is 0 Å². The molecule has 0 unspecified atom stereocenters. The van der Waals surface area contributed by atoms with Gasteiger partial charge in [-0.3, -0.25) is 4.79 Å². The molecule has 0 amide bonds. The molecular weight excluding hydrogens is 451 g/mol. The molecule has 1 aliphatic heterocycles. The summed E-state index contributed by atoms with van der Waals surface area (Å²) in [5, 5.41) is 14.7. The van der Waals surface area contributed by atoms with Crippen LogP contribution in [0.5, 0.6) is 5.88 Å². The number of carbonyl (C=O) groups is 1. The number of halogens is 1. The van der Waals surface area contributed by atoms with E-state index in [9.17, 15) is 9.18 Å². The summed E-state index contributed by atoms with van der Waals surface area (Å²) < 4.78 is 28.0. The first-order valence-corrected chi connectivity index (χ1v) is 10.2. The van der Waals surface area contributed by atoms with Gasteiger partial charge >= 0.3 is 0 Å². The molecule has 13 nitrogen and oxygen atoms in total. The van der Waals surface area contributed by atoms with E-state index in [4.69, 9.17) is 30.4 Å². The molecule has 2 aromatic heterocycles. The molecule has 1 N–H and O–H groups in total. The van der Waals surface area contributed by atoms with Gasteiger partial charge < -0.3 is 19.3 Å². The van der Waals surface area contributed by atoms with Gasteiger partial charge in [-0.1, -0.05) is 10.2 Å². The van der Waals surface area contributed by atoms with Crippen LogP contribution in [0.2, 0.25) is 0 Å². The average molecular weight is 476 g/mol. The van der Waals surface area contributed by atoms with Gasteiger partial charge in [0.25, 0.3) is 0 Å². The Morgan fingerprint density at radius 3 is 2.32 bits per heavy atom. The van der Waals surface area contributed by atoms with Crippen LogP contribution < -0.4 is 4.74 Å². The highest BCUT2D eigenvalue weighted by Gasteiger charge is 2.18. The lowest BCUT2D eigenvalue weighted by Gasteiger charge is -2.07. The molecule has 3 heterocycles. The number of hydrogen-bond acceptors (Lipinski definition) is 9. The summed E-state index contributed by atoms with van der Waals surface area (Å²) in [6.07, 6.45) is 4.42. The number of nitrogens with zero attached hydrogens (tertiary/aromatic N) is 8. The Morgan fingerprint density at radius 1 is 1.09 bits per heavy atom. The first-order chi connectivity index (χ1) is 16.6. The Balaban J connectivity index is 0.000000272. The molecule has 34 heavy (non-hydrogen) atoms. The fraction of sp³-hybridized carbons (Fsp3) is 0.450. The number of aldehydes is 1. The number of pyridine rings is 2. The van der Waals surface area contributed by atoms with Crippen molar-refractivity contribution in [1.29, 1.82) is 0 Å². The number of ether oxygens (including phenoxy) is 3. The third-order valence-corrected chi connectivity index (χ3v) is 3.73. The van der Waals surface area contributed by atoms with Crippen molar-refractivity contribution in [3.05, 3.63) is 74.6 Å². The van der Waals surface area contributed by atoms with Gasteiger partial charge in [-0.2, -0.15) is 4.39 Å². The van der Waals surface area contributed by atoms with Crippen molar-refractivity contribution in [2.75, 3.05) is 39.5 Å². The number of carbonyl (C=O) groups excluding carboxylic acids is 1. The van der Waals surface area contributed by atoms with E-state index in [2.05, 4.69) is 30.0 Å². The van der Waals surface area contributed by atoms with Crippen LogP contribution in [0.1, 0.15) is 35.1 Å². The molecule has 0 atom stereocenters. The van der Waals surface area contributed by atoms with Crippen LogP contribution in [0.25, 0.3) is 20.9 Å². The summed E-state index contributed by atoms with van der Waals surface area (Å²) in [5.74, 6) is -0.0294. The zero-order chi connectivity index (χ0) is 24.9. The minimum absolute atomic E-state index is 0.0962. The number of aliphatic hydroxyl groups excluding tert-OH is 1. The maximum Gasteiger partial charge on any atom is 0.213 e. The fourth-order valence-corrected chi connectivity index (χ4v) is 2.17. The van der Waals surface area contributed by atoms with Gasteiger partial charge in [0.05, 0.1) is 19.8 Å². The smallest absolute Gasteiger partial charge is 0.213 e. The Kier molecular flexibility index (Phi) is 15.6. The van der Waals surface area contributed by atoms with Crippen molar-refractivity contribution in [2.24, 2.45) is 10.2 Å². The summed E-state index contributed by atoms with van der Waals surface area (Å²) >= 11 is 0. The minimum Gasteiger partial charge on any atom is -0.478 e. The van der Waals surface area contributed by atoms with Crippen molar-refractivity contribution in [3.63, 3.8) is 0 Å². The molecule has 1 aliphatic rings. The molecule has 2 aromatic rings. The van der Waals surface area contributed by atoms with Crippen molar-refractivity contribution >= 4 is 6.29 Å². The monoisotopic (exact) mass is 476 g/mol. The summed E-state index contributed by atoms with van der Waals surface area (Å²) in [6.45, 7) is 2.51. The fourth-order valence-electron chi connectivity index (χ4n) is 2.17. The maximum absolute atomic E-state index is 12.4. The molecule has 0 radical (unpaired) electrons. The Hall–Kier alpha value is -3.80. The van der Waals surface area contributed by atoms with Crippen LogP contribution in [-0.4, -0.2) is 60.9 Å². The predicted molar refractivity (Wildman–Crippen MR) is 118 cm³/mol. The number of aromatic nitrogens is 2. The lowest BCUT2D eigenvalue weighted by atomic mass is 10.3. The van der Waals surface area contributed by atoms with Gasteiger partial charge in [-0.05, 0) is 42.1 Å². The van der Waals surface area contributed by atoms with Gasteiger partial charge in [0, 0.05) is 59.1 Å². The van der Waals surface area contributed by atoms with Crippen LogP contribution in [-0.2, 0) is 9.47 Å². The molecule has 0 aromatic carbocycles. The molecule has 3 rings (SSSR count). The van der Waals surface area contributed by atoms with Crippen LogP contribution in [0, 0.1) is 5.95 Å². The largest absolute Gasteiger partial charge is 0.478 e. The van der Waals surface area contributed by atoms with E-state index in [1.165, 1.54) is 18.5 Å². The third kappa shape index (κ3) is 12.9. The summed E-state index contributed by atoms with van der Waals surface area (Å²) in [5.41, 5.74) is 17.0. The Bertz CT molecular complexity index is 914. The van der Waals surface area contributed by atoms with E-state index in [1.54, 1.807) is 18.2 Å². The third-order valence-electron chi connectivity index (χ3n) is 3.73. The van der Waals surface area contributed by atoms with E-state index in [0.717, 1.165) is 11.8 Å². The van der Waals surface area contributed by atoms with E-state index in [-0.39, 0.29) is 12.9 Å². The van der Waals surface area contributed by atoms with E-state index >= 15 is 0 Å². The topological polar surface area (TPSA) is 188 Å². The van der Waals surface area contributed by atoms with Crippen molar-refractivity contribution < 1.29 is 28.5 Å². The van der Waals surface area contributed by atoms with Crippen LogP contribution in [0.3, 0.4) is 0 Å². The lowest BCUT2D eigenvalue weighted by molar-refractivity contribution is -0.0444. The summed E-state index contributed by atoms with van der Waals surface area (Å²) in [7, 11) is 0. The molecular formula is C20H25FN8O5. The maximum atomic E-state index is 12.4. The summed E-state index contributed by atoms with van der Waals surface area (Å²) in [6, 6.07) is 6.15. The van der Waals surface area contributed by atoms with Gasteiger partial charge in [0.1, 0.15) is 0 Å². The van der Waals surface area contributed by atoms with E-state index in [0.29, 0.717) is 57.2 Å². The molecule has 182 valence electrons. The van der Waals surface area contributed by atoms with Gasteiger partial charge in [-0.25, -0.2) is 9.97 Å². The van der Waals surface area contributed by atoms with E-state index in [1.807, 2.05) is 0 Å². The first-order valence-electron chi connectivity index (χ1n) is 10.2. The highest BCUT2D eigenvalue weighted by molar-refractivity contribution is 5.73.